The summed E-state index contributed by atoms with van der Waals surface area (Å²) in [5, 5.41) is 3.36. The van der Waals surface area contributed by atoms with Crippen molar-refractivity contribution in [1.29, 1.82) is 0 Å². The molecular formula is C16H18BrFN2O. The first kappa shape index (κ1) is 15.9. The number of rotatable bonds is 6. The molecule has 112 valence electrons. The molecule has 0 aliphatic rings. The van der Waals surface area contributed by atoms with E-state index in [1.54, 1.807) is 12.3 Å². The smallest absolute Gasteiger partial charge is 0.219 e. The maximum Gasteiger partial charge on any atom is 0.219 e. The minimum atomic E-state index is -0.353. The second kappa shape index (κ2) is 7.52. The molecule has 3 nitrogen and oxygen atoms in total. The van der Waals surface area contributed by atoms with Crippen LogP contribution < -0.4 is 10.1 Å². The van der Waals surface area contributed by atoms with Gasteiger partial charge >= 0.3 is 0 Å². The summed E-state index contributed by atoms with van der Waals surface area (Å²) >= 11 is 3.24. The molecule has 0 unspecified atom stereocenters. The van der Waals surface area contributed by atoms with Gasteiger partial charge in [-0.2, -0.15) is 0 Å². The summed E-state index contributed by atoms with van der Waals surface area (Å²) in [4.78, 5) is 4.15. The molecule has 0 bridgehead atoms. The fourth-order valence-corrected chi connectivity index (χ4v) is 2.27. The van der Waals surface area contributed by atoms with E-state index >= 15 is 0 Å². The van der Waals surface area contributed by atoms with Crippen molar-refractivity contribution in [2.45, 2.75) is 20.4 Å². The summed E-state index contributed by atoms with van der Waals surface area (Å²) in [6.45, 7) is 6.03. The van der Waals surface area contributed by atoms with Crippen molar-refractivity contribution < 1.29 is 9.13 Å². The van der Waals surface area contributed by atoms with Gasteiger partial charge in [-0.1, -0.05) is 29.8 Å². The molecular weight excluding hydrogens is 335 g/mol. The van der Waals surface area contributed by atoms with Crippen LogP contribution >= 0.6 is 15.9 Å². The minimum Gasteiger partial charge on any atom is -0.439 e. The van der Waals surface area contributed by atoms with Gasteiger partial charge in [0.25, 0.3) is 0 Å². The highest BCUT2D eigenvalue weighted by Gasteiger charge is 2.04. The lowest BCUT2D eigenvalue weighted by Crippen LogP contribution is -2.18. The van der Waals surface area contributed by atoms with E-state index in [2.05, 4.69) is 40.1 Å². The van der Waals surface area contributed by atoms with Gasteiger partial charge in [0.2, 0.25) is 5.88 Å². The molecule has 5 heteroatoms. The van der Waals surface area contributed by atoms with E-state index in [0.717, 1.165) is 18.7 Å². The Hall–Kier alpha value is -1.46. The molecule has 0 fully saturated rings. The molecule has 2 rings (SSSR count). The lowest BCUT2D eigenvalue weighted by molar-refractivity contribution is 0.456. The number of hydrogen-bond donors (Lipinski definition) is 1. The number of nitrogens with zero attached hydrogens (tertiary/aromatic N) is 1. The second-order valence-corrected chi connectivity index (χ2v) is 6.15. The van der Waals surface area contributed by atoms with Gasteiger partial charge in [0, 0.05) is 29.3 Å². The first-order chi connectivity index (χ1) is 10.0. The molecule has 0 aliphatic heterocycles. The zero-order valence-corrected chi connectivity index (χ0v) is 13.7. The summed E-state index contributed by atoms with van der Waals surface area (Å²) in [6.07, 6.45) is 1.69. The Morgan fingerprint density at radius 1 is 1.29 bits per heavy atom. The van der Waals surface area contributed by atoms with Crippen LogP contribution in [0.3, 0.4) is 0 Å². The van der Waals surface area contributed by atoms with Gasteiger partial charge < -0.3 is 10.1 Å². The Morgan fingerprint density at radius 3 is 2.81 bits per heavy atom. The highest BCUT2D eigenvalue weighted by atomic mass is 79.9. The van der Waals surface area contributed by atoms with E-state index in [4.69, 9.17) is 4.74 Å². The van der Waals surface area contributed by atoms with Gasteiger partial charge in [-0.05, 0) is 36.2 Å². The molecule has 0 saturated heterocycles. The lowest BCUT2D eigenvalue weighted by Gasteiger charge is -2.09. The maximum absolute atomic E-state index is 13.3. The van der Waals surface area contributed by atoms with Gasteiger partial charge in [-0.3, -0.25) is 0 Å². The van der Waals surface area contributed by atoms with Crippen molar-refractivity contribution in [3.05, 3.63) is 52.4 Å². The molecule has 2 aromatic rings. The summed E-state index contributed by atoms with van der Waals surface area (Å²) in [5.74, 6) is 1.12. The Balaban J connectivity index is 2.03. The van der Waals surface area contributed by atoms with Gasteiger partial charge in [-0.25, -0.2) is 9.37 Å². The molecule has 1 N–H and O–H groups in total. The van der Waals surface area contributed by atoms with Crippen LogP contribution in [0.2, 0.25) is 0 Å². The Labute approximate surface area is 132 Å². The molecule has 21 heavy (non-hydrogen) atoms. The summed E-state index contributed by atoms with van der Waals surface area (Å²) in [6, 6.07) is 8.20. The first-order valence-electron chi connectivity index (χ1n) is 6.82. The molecule has 0 radical (unpaired) electrons. The van der Waals surface area contributed by atoms with Crippen molar-refractivity contribution in [2.75, 3.05) is 6.54 Å². The van der Waals surface area contributed by atoms with Crippen molar-refractivity contribution in [3.8, 4) is 11.6 Å². The highest BCUT2D eigenvalue weighted by Crippen LogP contribution is 2.25. The average molecular weight is 353 g/mol. The number of halogens is 2. The number of ether oxygens (including phenoxy) is 1. The Kier molecular flexibility index (Phi) is 5.70. The van der Waals surface area contributed by atoms with Gasteiger partial charge in [0.15, 0.2) is 0 Å². The zero-order valence-electron chi connectivity index (χ0n) is 12.1. The van der Waals surface area contributed by atoms with Crippen molar-refractivity contribution in [1.82, 2.24) is 10.3 Å². The van der Waals surface area contributed by atoms with Crippen LogP contribution in [0.15, 0.2) is 41.0 Å². The molecule has 0 spiro atoms. The maximum atomic E-state index is 13.3. The van der Waals surface area contributed by atoms with Crippen LogP contribution in [0.5, 0.6) is 11.6 Å². The monoisotopic (exact) mass is 352 g/mol. The van der Waals surface area contributed by atoms with Crippen LogP contribution in [0, 0.1) is 11.7 Å². The lowest BCUT2D eigenvalue weighted by atomic mass is 10.2. The number of hydrogen-bond acceptors (Lipinski definition) is 3. The van der Waals surface area contributed by atoms with E-state index in [1.165, 1.54) is 12.1 Å². The quantitative estimate of drug-likeness (QED) is 0.829. The Bertz CT molecular complexity index is 584. The Morgan fingerprint density at radius 2 is 2.10 bits per heavy atom. The fourth-order valence-electron chi connectivity index (χ4n) is 1.83. The average Bonchev–Trinajstić information content (AvgIpc) is 2.37. The van der Waals surface area contributed by atoms with Crippen LogP contribution in [-0.4, -0.2) is 11.5 Å². The third-order valence-corrected chi connectivity index (χ3v) is 3.20. The summed E-state index contributed by atoms with van der Waals surface area (Å²) in [7, 11) is 0. The van der Waals surface area contributed by atoms with Crippen LogP contribution in [0.4, 0.5) is 4.39 Å². The van der Waals surface area contributed by atoms with E-state index in [0.29, 0.717) is 22.0 Å². The fraction of sp³-hybridized carbons (Fsp3) is 0.312. The van der Waals surface area contributed by atoms with E-state index in [1.807, 2.05) is 12.1 Å². The SMILES string of the molecule is CC(C)CNCc1ccnc(Oc2cc(F)cc(Br)c2)c1. The second-order valence-electron chi connectivity index (χ2n) is 5.23. The molecule has 0 aliphatic carbocycles. The highest BCUT2D eigenvalue weighted by molar-refractivity contribution is 9.10. The summed E-state index contributed by atoms with van der Waals surface area (Å²) in [5.41, 5.74) is 1.08. The van der Waals surface area contributed by atoms with E-state index in [9.17, 15) is 4.39 Å². The standard InChI is InChI=1S/C16H18BrFN2O/c1-11(2)9-19-10-12-3-4-20-16(5-12)21-15-7-13(17)6-14(18)8-15/h3-8,11,19H,9-10H2,1-2H3. The number of benzene rings is 1. The normalized spacial score (nSPS) is 10.9. The third kappa shape index (κ3) is 5.44. The zero-order chi connectivity index (χ0) is 15.2. The van der Waals surface area contributed by atoms with E-state index < -0.39 is 0 Å². The predicted molar refractivity (Wildman–Crippen MR) is 85.0 cm³/mol. The van der Waals surface area contributed by atoms with Gasteiger partial charge in [0.05, 0.1) is 0 Å². The molecule has 1 aromatic heterocycles. The largest absolute Gasteiger partial charge is 0.439 e. The van der Waals surface area contributed by atoms with Crippen LogP contribution in [0.1, 0.15) is 19.4 Å². The molecule has 1 aromatic carbocycles. The predicted octanol–water partition coefficient (Wildman–Crippen LogP) is 4.52. The molecule has 1 heterocycles. The minimum absolute atomic E-state index is 0.353. The van der Waals surface area contributed by atoms with Crippen LogP contribution in [-0.2, 0) is 6.54 Å². The van der Waals surface area contributed by atoms with Crippen molar-refractivity contribution >= 4 is 15.9 Å². The number of pyridine rings is 1. The van der Waals surface area contributed by atoms with Gasteiger partial charge in [-0.15, -0.1) is 0 Å². The molecule has 0 atom stereocenters. The van der Waals surface area contributed by atoms with Crippen molar-refractivity contribution in [3.63, 3.8) is 0 Å². The number of nitrogens with one attached hydrogen (secondary N) is 1. The van der Waals surface area contributed by atoms with Crippen LogP contribution in [0.25, 0.3) is 0 Å². The summed E-state index contributed by atoms with van der Waals surface area (Å²) < 4.78 is 19.5. The third-order valence-electron chi connectivity index (χ3n) is 2.74. The van der Waals surface area contributed by atoms with Crippen molar-refractivity contribution in [2.24, 2.45) is 5.92 Å². The number of aromatic nitrogens is 1. The first-order valence-corrected chi connectivity index (χ1v) is 7.62. The molecule has 0 saturated carbocycles. The topological polar surface area (TPSA) is 34.2 Å². The molecule has 0 amide bonds. The van der Waals surface area contributed by atoms with Gasteiger partial charge in [0.1, 0.15) is 11.6 Å². The van der Waals surface area contributed by atoms with E-state index in [-0.39, 0.29) is 5.82 Å².